The van der Waals surface area contributed by atoms with Gasteiger partial charge in [0.05, 0.1) is 18.7 Å². The molecule has 2 amide bonds. The highest BCUT2D eigenvalue weighted by Gasteiger charge is 2.46. The lowest BCUT2D eigenvalue weighted by Gasteiger charge is -2.47. The third-order valence-corrected chi connectivity index (χ3v) is 5.54. The van der Waals surface area contributed by atoms with Crippen LogP contribution in [-0.2, 0) is 22.8 Å². The van der Waals surface area contributed by atoms with E-state index in [0.29, 0.717) is 18.5 Å². The molecule has 2 aromatic rings. The van der Waals surface area contributed by atoms with Gasteiger partial charge in [-0.1, -0.05) is 0 Å². The molecule has 0 bridgehead atoms. The van der Waals surface area contributed by atoms with Gasteiger partial charge >= 0.3 is 6.18 Å². The number of aryl methyl sites for hydroxylation is 1. The molecule has 0 saturated carbocycles. The summed E-state index contributed by atoms with van der Waals surface area (Å²) >= 11 is 0. The Morgan fingerprint density at radius 2 is 1.90 bits per heavy atom. The second kappa shape index (κ2) is 7.63. The average Bonchev–Trinajstić information content (AvgIpc) is 3.13. The van der Waals surface area contributed by atoms with Crippen molar-refractivity contribution in [3.8, 4) is 0 Å². The van der Waals surface area contributed by atoms with Crippen LogP contribution in [0.4, 0.5) is 23.2 Å². The Bertz CT molecular complexity index is 1000. The first-order chi connectivity index (χ1) is 14.6. The van der Waals surface area contributed by atoms with E-state index in [1.54, 1.807) is 0 Å². The molecule has 3 heterocycles. The molecule has 11 heteroatoms. The Labute approximate surface area is 175 Å². The molecule has 7 nitrogen and oxygen atoms in total. The number of amides is 2. The Morgan fingerprint density at radius 1 is 1.19 bits per heavy atom. The number of rotatable bonds is 2. The van der Waals surface area contributed by atoms with Crippen LogP contribution in [0, 0.1) is 5.82 Å². The molecule has 1 unspecified atom stereocenters. The van der Waals surface area contributed by atoms with Crippen LogP contribution in [0.5, 0.6) is 0 Å². The van der Waals surface area contributed by atoms with Gasteiger partial charge in [-0.3, -0.25) is 14.3 Å². The number of ether oxygens (including phenoxy) is 1. The molecule has 1 atom stereocenters. The topological polar surface area (TPSA) is 67.7 Å². The lowest BCUT2D eigenvalue weighted by atomic mass is 9.90. The number of hydrogen-bond acceptors (Lipinski definition) is 4. The van der Waals surface area contributed by atoms with E-state index in [0.717, 1.165) is 10.9 Å². The molecule has 0 radical (unpaired) electrons. The molecule has 4 rings (SSSR count). The normalized spacial score (nSPS) is 22.3. The first-order valence-electron chi connectivity index (χ1n) is 9.68. The Kier molecular flexibility index (Phi) is 5.24. The summed E-state index contributed by atoms with van der Waals surface area (Å²) in [5, 5.41) is 3.40. The van der Waals surface area contributed by atoms with Crippen molar-refractivity contribution in [1.29, 1.82) is 0 Å². The number of likely N-dealkylation sites (tertiary alicyclic amines) is 1. The van der Waals surface area contributed by atoms with Gasteiger partial charge in [-0.05, 0) is 37.1 Å². The molecular formula is C20H20F4N4O3. The Hall–Kier alpha value is -2.95. The predicted octanol–water partition coefficient (Wildman–Crippen LogP) is 2.62. The molecular weight excluding hydrogens is 420 g/mol. The first kappa shape index (κ1) is 21.3. The molecule has 31 heavy (non-hydrogen) atoms. The van der Waals surface area contributed by atoms with Crippen LogP contribution in [0.15, 0.2) is 30.5 Å². The molecule has 1 aromatic carbocycles. The Balaban J connectivity index is 1.57. The molecule has 0 aliphatic carbocycles. The van der Waals surface area contributed by atoms with Crippen LogP contribution in [0.3, 0.4) is 0 Å². The zero-order valence-corrected chi connectivity index (χ0v) is 16.7. The second-order valence-electron chi connectivity index (χ2n) is 7.82. The summed E-state index contributed by atoms with van der Waals surface area (Å²) in [6.07, 6.45) is -2.67. The molecule has 2 aliphatic heterocycles. The summed E-state index contributed by atoms with van der Waals surface area (Å²) in [4.78, 5) is 28.1. The van der Waals surface area contributed by atoms with Gasteiger partial charge in [-0.25, -0.2) is 4.39 Å². The number of alkyl halides is 3. The van der Waals surface area contributed by atoms with Crippen LogP contribution in [0.25, 0.3) is 0 Å². The second-order valence-corrected chi connectivity index (χ2v) is 7.82. The standard InChI is InChI=1S/C20H20F4N4O3/c1-26-9-15(17(25-26)20(22,23)24)18(30)27-8-2-7-19(11-27)12-28(16(29)10-31-19)14-5-3-13(21)4-6-14/h3-6,9H,2,7-8,10-12H2,1H3. The maximum absolute atomic E-state index is 13.3. The van der Waals surface area contributed by atoms with Gasteiger partial charge in [0, 0.05) is 25.5 Å². The number of piperidine rings is 1. The van der Waals surface area contributed by atoms with E-state index in [2.05, 4.69) is 5.10 Å². The number of carbonyl (C=O) groups excluding carboxylic acids is 2. The molecule has 0 N–H and O–H groups in total. The summed E-state index contributed by atoms with van der Waals surface area (Å²) in [5.74, 6) is -1.54. The fourth-order valence-electron chi connectivity index (χ4n) is 4.11. The summed E-state index contributed by atoms with van der Waals surface area (Å²) in [6.45, 7) is 0.171. The van der Waals surface area contributed by atoms with Crippen LogP contribution in [-0.4, -0.2) is 58.3 Å². The van der Waals surface area contributed by atoms with Crippen molar-refractivity contribution in [3.05, 3.63) is 47.5 Å². The first-order valence-corrected chi connectivity index (χ1v) is 9.68. The van der Waals surface area contributed by atoms with Crippen LogP contribution in [0.2, 0.25) is 0 Å². The van der Waals surface area contributed by atoms with Crippen molar-refractivity contribution >= 4 is 17.5 Å². The van der Waals surface area contributed by atoms with Gasteiger partial charge < -0.3 is 14.5 Å². The Morgan fingerprint density at radius 3 is 2.58 bits per heavy atom. The summed E-state index contributed by atoms with van der Waals surface area (Å²) < 4.78 is 59.9. The molecule has 2 saturated heterocycles. The van der Waals surface area contributed by atoms with Crippen LogP contribution < -0.4 is 4.90 Å². The predicted molar refractivity (Wildman–Crippen MR) is 101 cm³/mol. The van der Waals surface area contributed by atoms with Gasteiger partial charge in [-0.15, -0.1) is 0 Å². The zero-order chi connectivity index (χ0) is 22.4. The number of benzene rings is 1. The van der Waals surface area contributed by atoms with Crippen LogP contribution in [0.1, 0.15) is 28.9 Å². The number of halogens is 4. The SMILES string of the molecule is Cn1cc(C(=O)N2CCCC3(C2)CN(c2ccc(F)cc2)C(=O)CO3)c(C(F)(F)F)n1. The molecule has 2 aliphatic rings. The van der Waals surface area contributed by atoms with E-state index < -0.39 is 34.8 Å². The number of nitrogens with zero attached hydrogens (tertiary/aromatic N) is 4. The maximum Gasteiger partial charge on any atom is 0.435 e. The number of morpholine rings is 1. The molecule has 1 aromatic heterocycles. The highest BCUT2D eigenvalue weighted by Crippen LogP contribution is 2.35. The highest BCUT2D eigenvalue weighted by atomic mass is 19.4. The van der Waals surface area contributed by atoms with E-state index >= 15 is 0 Å². The highest BCUT2D eigenvalue weighted by molar-refractivity contribution is 5.96. The van der Waals surface area contributed by atoms with Crippen LogP contribution >= 0.6 is 0 Å². The minimum Gasteiger partial charge on any atom is -0.361 e. The lowest BCUT2D eigenvalue weighted by molar-refractivity contribution is -0.145. The van der Waals surface area contributed by atoms with Gasteiger partial charge in [0.25, 0.3) is 11.8 Å². The fraction of sp³-hybridized carbons (Fsp3) is 0.450. The molecule has 2 fully saturated rings. The monoisotopic (exact) mass is 440 g/mol. The third-order valence-electron chi connectivity index (χ3n) is 5.54. The number of aromatic nitrogens is 2. The third kappa shape index (κ3) is 4.14. The number of carbonyl (C=O) groups is 2. The van der Waals surface area contributed by atoms with Crippen molar-refractivity contribution in [3.63, 3.8) is 0 Å². The zero-order valence-electron chi connectivity index (χ0n) is 16.7. The molecule has 166 valence electrons. The summed E-state index contributed by atoms with van der Waals surface area (Å²) in [7, 11) is 1.32. The molecule has 1 spiro atoms. The van der Waals surface area contributed by atoms with Gasteiger partial charge in [0.1, 0.15) is 18.0 Å². The minimum absolute atomic E-state index is 0.0308. The van der Waals surface area contributed by atoms with Crippen molar-refractivity contribution < 1.29 is 31.9 Å². The summed E-state index contributed by atoms with van der Waals surface area (Å²) in [6, 6.07) is 5.43. The summed E-state index contributed by atoms with van der Waals surface area (Å²) in [5.41, 5.74) is -2.18. The van der Waals surface area contributed by atoms with Gasteiger partial charge in [-0.2, -0.15) is 18.3 Å². The van der Waals surface area contributed by atoms with Crippen molar-refractivity contribution in [1.82, 2.24) is 14.7 Å². The van der Waals surface area contributed by atoms with E-state index in [-0.39, 0.29) is 32.1 Å². The van der Waals surface area contributed by atoms with E-state index in [1.807, 2.05) is 0 Å². The van der Waals surface area contributed by atoms with Crippen molar-refractivity contribution in [2.24, 2.45) is 7.05 Å². The number of anilines is 1. The minimum atomic E-state index is -4.76. The lowest BCUT2D eigenvalue weighted by Crippen LogP contribution is -2.62. The fourth-order valence-corrected chi connectivity index (χ4v) is 4.11. The number of hydrogen-bond donors (Lipinski definition) is 0. The van der Waals surface area contributed by atoms with Gasteiger partial charge in [0.2, 0.25) is 0 Å². The smallest absolute Gasteiger partial charge is 0.361 e. The van der Waals surface area contributed by atoms with E-state index in [9.17, 15) is 27.2 Å². The van der Waals surface area contributed by atoms with Crippen molar-refractivity contribution in [2.45, 2.75) is 24.6 Å². The van der Waals surface area contributed by atoms with E-state index in [1.165, 1.54) is 41.1 Å². The quantitative estimate of drug-likeness (QED) is 0.674. The van der Waals surface area contributed by atoms with Crippen molar-refractivity contribution in [2.75, 3.05) is 31.1 Å². The van der Waals surface area contributed by atoms with Gasteiger partial charge in [0.15, 0.2) is 5.69 Å². The largest absolute Gasteiger partial charge is 0.435 e. The van der Waals surface area contributed by atoms with E-state index in [4.69, 9.17) is 4.74 Å². The maximum atomic E-state index is 13.3. The average molecular weight is 440 g/mol.